The van der Waals surface area contributed by atoms with E-state index in [1.54, 1.807) is 0 Å². The molecule has 2 fully saturated rings. The van der Waals surface area contributed by atoms with Gasteiger partial charge < -0.3 is 10.1 Å². The Labute approximate surface area is 80.4 Å². The van der Waals surface area contributed by atoms with E-state index in [0.29, 0.717) is 18.1 Å². The topological polar surface area (TPSA) is 24.5 Å². The van der Waals surface area contributed by atoms with Gasteiger partial charge in [0, 0.05) is 37.8 Å². The van der Waals surface area contributed by atoms with Gasteiger partial charge in [0.15, 0.2) is 0 Å². The monoisotopic (exact) mass is 184 g/mol. The molecule has 2 rings (SSSR count). The summed E-state index contributed by atoms with van der Waals surface area (Å²) in [5, 5.41) is 3.46. The third-order valence-electron chi connectivity index (χ3n) is 3.22. The van der Waals surface area contributed by atoms with Crippen molar-refractivity contribution in [3.05, 3.63) is 0 Å². The SMILES string of the molecule is C[C@@H]1CNC[C@H](C)N1C1CCOC1. The fourth-order valence-corrected chi connectivity index (χ4v) is 2.62. The lowest BCUT2D eigenvalue weighted by Gasteiger charge is -2.42. The van der Waals surface area contributed by atoms with E-state index in [9.17, 15) is 0 Å². The van der Waals surface area contributed by atoms with E-state index in [2.05, 4.69) is 24.1 Å². The van der Waals surface area contributed by atoms with Crippen molar-refractivity contribution in [2.24, 2.45) is 0 Å². The zero-order valence-corrected chi connectivity index (χ0v) is 8.62. The molecule has 2 aliphatic heterocycles. The second-order valence-electron chi connectivity index (χ2n) is 4.32. The average molecular weight is 184 g/mol. The van der Waals surface area contributed by atoms with Gasteiger partial charge in [-0.2, -0.15) is 0 Å². The molecule has 0 saturated carbocycles. The predicted octanol–water partition coefficient (Wildman–Crippen LogP) is 0.457. The molecule has 13 heavy (non-hydrogen) atoms. The maximum absolute atomic E-state index is 5.44. The number of rotatable bonds is 1. The zero-order chi connectivity index (χ0) is 9.26. The van der Waals surface area contributed by atoms with Gasteiger partial charge in [0.05, 0.1) is 6.61 Å². The Morgan fingerprint density at radius 2 is 1.92 bits per heavy atom. The van der Waals surface area contributed by atoms with Crippen molar-refractivity contribution in [3.63, 3.8) is 0 Å². The first-order chi connectivity index (χ1) is 6.29. The summed E-state index contributed by atoms with van der Waals surface area (Å²) in [6.07, 6.45) is 1.22. The van der Waals surface area contributed by atoms with Gasteiger partial charge in [0.1, 0.15) is 0 Å². The highest BCUT2D eigenvalue weighted by molar-refractivity contribution is 4.88. The van der Waals surface area contributed by atoms with Crippen molar-refractivity contribution in [1.29, 1.82) is 0 Å². The first-order valence-corrected chi connectivity index (χ1v) is 5.35. The largest absolute Gasteiger partial charge is 0.380 e. The van der Waals surface area contributed by atoms with Crippen LogP contribution in [0.3, 0.4) is 0 Å². The van der Waals surface area contributed by atoms with Crippen LogP contribution in [0.1, 0.15) is 20.3 Å². The highest BCUT2D eigenvalue weighted by Crippen LogP contribution is 2.20. The molecule has 2 saturated heterocycles. The van der Waals surface area contributed by atoms with Gasteiger partial charge in [-0.15, -0.1) is 0 Å². The van der Waals surface area contributed by atoms with Crippen LogP contribution >= 0.6 is 0 Å². The normalized spacial score (nSPS) is 42.5. The highest BCUT2D eigenvalue weighted by Gasteiger charge is 2.32. The number of hydrogen-bond acceptors (Lipinski definition) is 3. The second-order valence-corrected chi connectivity index (χ2v) is 4.32. The van der Waals surface area contributed by atoms with E-state index in [-0.39, 0.29) is 0 Å². The first-order valence-electron chi connectivity index (χ1n) is 5.35. The molecular formula is C10H20N2O. The molecule has 0 aromatic heterocycles. The molecule has 3 nitrogen and oxygen atoms in total. The predicted molar refractivity (Wildman–Crippen MR) is 52.9 cm³/mol. The Morgan fingerprint density at radius 1 is 1.23 bits per heavy atom. The van der Waals surface area contributed by atoms with Crippen molar-refractivity contribution in [1.82, 2.24) is 10.2 Å². The summed E-state index contributed by atoms with van der Waals surface area (Å²) in [6, 6.07) is 2.00. The van der Waals surface area contributed by atoms with E-state index in [0.717, 1.165) is 26.3 Å². The number of nitrogens with one attached hydrogen (secondary N) is 1. The van der Waals surface area contributed by atoms with Crippen molar-refractivity contribution in [2.75, 3.05) is 26.3 Å². The van der Waals surface area contributed by atoms with Gasteiger partial charge in [0.25, 0.3) is 0 Å². The first kappa shape index (κ1) is 9.44. The summed E-state index contributed by atoms with van der Waals surface area (Å²) in [7, 11) is 0. The summed E-state index contributed by atoms with van der Waals surface area (Å²) in [5.41, 5.74) is 0. The van der Waals surface area contributed by atoms with Crippen molar-refractivity contribution in [2.45, 2.75) is 38.4 Å². The van der Waals surface area contributed by atoms with Crippen molar-refractivity contribution < 1.29 is 4.74 Å². The van der Waals surface area contributed by atoms with Gasteiger partial charge in [-0.25, -0.2) is 0 Å². The molecule has 2 heterocycles. The number of piperazine rings is 1. The van der Waals surface area contributed by atoms with Gasteiger partial charge in [-0.05, 0) is 20.3 Å². The molecule has 76 valence electrons. The molecule has 0 aromatic rings. The molecule has 0 bridgehead atoms. The van der Waals surface area contributed by atoms with Crippen LogP contribution in [0.2, 0.25) is 0 Å². The molecule has 0 radical (unpaired) electrons. The van der Waals surface area contributed by atoms with E-state index >= 15 is 0 Å². The van der Waals surface area contributed by atoms with E-state index < -0.39 is 0 Å². The fraction of sp³-hybridized carbons (Fsp3) is 1.00. The minimum Gasteiger partial charge on any atom is -0.380 e. The summed E-state index contributed by atoms with van der Waals surface area (Å²) < 4.78 is 5.44. The van der Waals surface area contributed by atoms with Gasteiger partial charge in [-0.3, -0.25) is 4.90 Å². The van der Waals surface area contributed by atoms with Crippen molar-refractivity contribution in [3.8, 4) is 0 Å². The molecule has 0 aromatic carbocycles. The maximum atomic E-state index is 5.44. The molecule has 1 N–H and O–H groups in total. The Kier molecular flexibility index (Phi) is 2.86. The summed E-state index contributed by atoms with van der Waals surface area (Å²) >= 11 is 0. The van der Waals surface area contributed by atoms with Crippen LogP contribution in [0, 0.1) is 0 Å². The number of hydrogen-bond donors (Lipinski definition) is 1. The fourth-order valence-electron chi connectivity index (χ4n) is 2.62. The van der Waals surface area contributed by atoms with Crippen molar-refractivity contribution >= 4 is 0 Å². The number of nitrogens with zero attached hydrogens (tertiary/aromatic N) is 1. The van der Waals surface area contributed by atoms with Gasteiger partial charge >= 0.3 is 0 Å². The summed E-state index contributed by atoms with van der Waals surface area (Å²) in [5.74, 6) is 0. The third kappa shape index (κ3) is 1.87. The van der Waals surface area contributed by atoms with Gasteiger partial charge in [-0.1, -0.05) is 0 Å². The lowest BCUT2D eigenvalue weighted by atomic mass is 10.1. The van der Waals surface area contributed by atoms with E-state index in [4.69, 9.17) is 4.74 Å². The maximum Gasteiger partial charge on any atom is 0.0622 e. The molecule has 1 unspecified atom stereocenters. The van der Waals surface area contributed by atoms with Crippen LogP contribution in [-0.4, -0.2) is 49.3 Å². The average Bonchev–Trinajstić information content (AvgIpc) is 2.57. The molecule has 2 aliphatic rings. The molecule has 0 aliphatic carbocycles. The quantitative estimate of drug-likeness (QED) is 0.640. The molecule has 3 atom stereocenters. The minimum atomic E-state index is 0.662. The van der Waals surface area contributed by atoms with Gasteiger partial charge in [0.2, 0.25) is 0 Å². The molecule has 0 amide bonds. The molecule has 0 spiro atoms. The Hall–Kier alpha value is -0.120. The third-order valence-corrected chi connectivity index (χ3v) is 3.22. The lowest BCUT2D eigenvalue weighted by molar-refractivity contribution is 0.0571. The van der Waals surface area contributed by atoms with Crippen LogP contribution in [0.25, 0.3) is 0 Å². The molecular weight excluding hydrogens is 164 g/mol. The van der Waals surface area contributed by atoms with E-state index in [1.165, 1.54) is 6.42 Å². The summed E-state index contributed by atoms with van der Waals surface area (Å²) in [4.78, 5) is 2.63. The highest BCUT2D eigenvalue weighted by atomic mass is 16.5. The number of ether oxygens (including phenoxy) is 1. The van der Waals surface area contributed by atoms with Crippen LogP contribution in [0.5, 0.6) is 0 Å². The standard InChI is InChI=1S/C10H20N2O/c1-8-5-11-6-9(2)12(8)10-3-4-13-7-10/h8-11H,3-7H2,1-2H3/t8-,9+,10?. The van der Waals surface area contributed by atoms with Crippen LogP contribution in [0.15, 0.2) is 0 Å². The minimum absolute atomic E-state index is 0.662. The van der Waals surface area contributed by atoms with Crippen LogP contribution in [-0.2, 0) is 4.74 Å². The van der Waals surface area contributed by atoms with E-state index in [1.807, 2.05) is 0 Å². The van der Waals surface area contributed by atoms with Crippen LogP contribution < -0.4 is 5.32 Å². The molecule has 3 heteroatoms. The Balaban J connectivity index is 2.00. The lowest BCUT2D eigenvalue weighted by Crippen LogP contribution is -2.58. The zero-order valence-electron chi connectivity index (χ0n) is 8.62. The summed E-state index contributed by atoms with van der Waals surface area (Å²) in [6.45, 7) is 8.76. The van der Waals surface area contributed by atoms with Crippen LogP contribution in [0.4, 0.5) is 0 Å². The Bertz CT molecular complexity index is 158. The second kappa shape index (κ2) is 3.95. The Morgan fingerprint density at radius 3 is 2.46 bits per heavy atom. The smallest absolute Gasteiger partial charge is 0.0622 e.